The zero-order valence-electron chi connectivity index (χ0n) is 17.6. The van der Waals surface area contributed by atoms with Crippen LogP contribution in [0.1, 0.15) is 44.2 Å². The van der Waals surface area contributed by atoms with Gasteiger partial charge >= 0.3 is 12.1 Å². The number of hydrogen-bond donors (Lipinski definition) is 1. The van der Waals surface area contributed by atoms with Crippen molar-refractivity contribution in [2.45, 2.75) is 50.3 Å². The molecular weight excluding hydrogens is 420 g/mol. The van der Waals surface area contributed by atoms with Crippen LogP contribution in [0.2, 0.25) is 0 Å². The normalized spacial score (nSPS) is 14.7. The lowest BCUT2D eigenvalue weighted by Gasteiger charge is -2.23. The highest BCUT2D eigenvalue weighted by Crippen LogP contribution is 2.44. The van der Waals surface area contributed by atoms with E-state index in [9.17, 15) is 14.5 Å². The van der Waals surface area contributed by atoms with Crippen molar-refractivity contribution in [2.24, 2.45) is 5.18 Å². The summed E-state index contributed by atoms with van der Waals surface area (Å²) < 4.78 is 10.7. The standard InChI is InChI=1S/C23H25ClN2O5/c1-23(2,3)31-20(27)12-19(21(24)26-29)25-22(28)30-13-18-16-10-6-4-8-14(16)15-9-5-7-11-17(15)18/h4-11,18-19,21H,12-13H2,1-3H3,(H,25,28)/t19-,21?/m0/s1. The number of carbonyl (C=O) groups excluding carboxylic acids is 2. The van der Waals surface area contributed by atoms with Gasteiger partial charge in [0, 0.05) is 5.92 Å². The van der Waals surface area contributed by atoms with Gasteiger partial charge in [0.15, 0.2) is 5.50 Å². The number of nitrogens with one attached hydrogen (secondary N) is 1. The molecule has 0 heterocycles. The molecule has 2 aromatic rings. The monoisotopic (exact) mass is 444 g/mol. The van der Waals surface area contributed by atoms with Crippen LogP contribution in [0.5, 0.6) is 0 Å². The van der Waals surface area contributed by atoms with Gasteiger partial charge < -0.3 is 14.8 Å². The van der Waals surface area contributed by atoms with Crippen LogP contribution >= 0.6 is 11.6 Å². The Kier molecular flexibility index (Phi) is 6.95. The topological polar surface area (TPSA) is 94.1 Å². The summed E-state index contributed by atoms with van der Waals surface area (Å²) in [4.78, 5) is 35.4. The van der Waals surface area contributed by atoms with Gasteiger partial charge in [-0.2, -0.15) is 0 Å². The van der Waals surface area contributed by atoms with Crippen LogP contribution in [0.4, 0.5) is 4.79 Å². The van der Waals surface area contributed by atoms with Crippen LogP contribution < -0.4 is 5.32 Å². The minimum Gasteiger partial charge on any atom is -0.460 e. The molecule has 3 rings (SSSR count). The van der Waals surface area contributed by atoms with E-state index in [-0.39, 0.29) is 18.9 Å². The van der Waals surface area contributed by atoms with E-state index >= 15 is 0 Å². The van der Waals surface area contributed by atoms with Gasteiger partial charge in [-0.1, -0.05) is 60.1 Å². The van der Waals surface area contributed by atoms with Crippen molar-refractivity contribution in [2.75, 3.05) is 6.61 Å². The molecule has 0 saturated carbocycles. The van der Waals surface area contributed by atoms with Crippen LogP contribution in [-0.2, 0) is 14.3 Å². The number of ether oxygens (including phenoxy) is 2. The Balaban J connectivity index is 1.65. The maximum absolute atomic E-state index is 12.4. The van der Waals surface area contributed by atoms with Gasteiger partial charge in [0.1, 0.15) is 12.2 Å². The van der Waals surface area contributed by atoms with E-state index in [1.807, 2.05) is 48.5 Å². The molecular formula is C23H25ClN2O5. The number of rotatable bonds is 7. The number of nitroso groups, excluding NO2 is 1. The molecule has 0 fully saturated rings. The summed E-state index contributed by atoms with van der Waals surface area (Å²) in [5, 5.41) is 5.19. The highest BCUT2D eigenvalue weighted by atomic mass is 35.5. The summed E-state index contributed by atoms with van der Waals surface area (Å²) in [6, 6.07) is 14.9. The Morgan fingerprint density at radius 3 is 2.13 bits per heavy atom. The van der Waals surface area contributed by atoms with Crippen LogP contribution in [-0.4, -0.2) is 35.8 Å². The predicted molar refractivity (Wildman–Crippen MR) is 118 cm³/mol. The summed E-state index contributed by atoms with van der Waals surface area (Å²) in [5.41, 5.74) is 2.33. The lowest BCUT2D eigenvalue weighted by Crippen LogP contribution is -2.43. The summed E-state index contributed by atoms with van der Waals surface area (Å²) in [6.45, 7) is 5.25. The summed E-state index contributed by atoms with van der Waals surface area (Å²) in [7, 11) is 0. The highest BCUT2D eigenvalue weighted by Gasteiger charge is 2.31. The third-order valence-corrected chi connectivity index (χ3v) is 5.27. The first-order valence-corrected chi connectivity index (χ1v) is 10.4. The van der Waals surface area contributed by atoms with Crippen LogP contribution in [0.25, 0.3) is 11.1 Å². The van der Waals surface area contributed by atoms with Crippen molar-refractivity contribution in [1.29, 1.82) is 0 Å². The average Bonchev–Trinajstić information content (AvgIpc) is 3.03. The molecule has 1 aliphatic carbocycles. The molecule has 1 N–H and O–H groups in total. The number of benzene rings is 2. The van der Waals surface area contributed by atoms with Crippen molar-refractivity contribution in [3.05, 3.63) is 64.6 Å². The maximum Gasteiger partial charge on any atom is 0.407 e. The van der Waals surface area contributed by atoms with Gasteiger partial charge in [0.2, 0.25) is 0 Å². The van der Waals surface area contributed by atoms with Gasteiger partial charge in [-0.25, -0.2) is 4.79 Å². The molecule has 7 nitrogen and oxygen atoms in total. The summed E-state index contributed by atoms with van der Waals surface area (Å²) in [5.74, 6) is -0.718. The predicted octanol–water partition coefficient (Wildman–Crippen LogP) is 4.96. The quantitative estimate of drug-likeness (QED) is 0.282. The Hall–Kier alpha value is -2.93. The maximum atomic E-state index is 12.4. The van der Waals surface area contributed by atoms with E-state index < -0.39 is 29.2 Å². The molecule has 164 valence electrons. The van der Waals surface area contributed by atoms with Crippen LogP contribution in [0, 0.1) is 4.91 Å². The summed E-state index contributed by atoms with van der Waals surface area (Å²) in [6.07, 6.45) is -1.09. The lowest BCUT2D eigenvalue weighted by molar-refractivity contribution is -0.155. The van der Waals surface area contributed by atoms with Crippen molar-refractivity contribution in [3.63, 3.8) is 0 Å². The second-order valence-electron chi connectivity index (χ2n) is 8.35. The van der Waals surface area contributed by atoms with Crippen LogP contribution in [0.15, 0.2) is 53.7 Å². The summed E-state index contributed by atoms with van der Waals surface area (Å²) >= 11 is 5.89. The van der Waals surface area contributed by atoms with Gasteiger partial charge in [-0.15, -0.1) is 4.91 Å². The Morgan fingerprint density at radius 2 is 1.61 bits per heavy atom. The van der Waals surface area contributed by atoms with Gasteiger partial charge in [-0.05, 0) is 48.2 Å². The van der Waals surface area contributed by atoms with Gasteiger partial charge in [-0.3, -0.25) is 4.79 Å². The van der Waals surface area contributed by atoms with E-state index in [0.717, 1.165) is 22.3 Å². The fraction of sp³-hybridized carbons (Fsp3) is 0.391. The number of alkyl halides is 1. The number of nitrogens with zero attached hydrogens (tertiary/aromatic N) is 1. The minimum absolute atomic E-state index is 0.0977. The van der Waals surface area contributed by atoms with E-state index in [2.05, 4.69) is 10.5 Å². The van der Waals surface area contributed by atoms with E-state index in [1.54, 1.807) is 20.8 Å². The number of hydrogen-bond acceptors (Lipinski definition) is 6. The van der Waals surface area contributed by atoms with Crippen LogP contribution in [0.3, 0.4) is 0 Å². The zero-order chi connectivity index (χ0) is 22.6. The first kappa shape index (κ1) is 22.7. The van der Waals surface area contributed by atoms with E-state index in [1.165, 1.54) is 0 Å². The number of carbonyl (C=O) groups is 2. The molecule has 1 unspecified atom stereocenters. The first-order valence-electron chi connectivity index (χ1n) is 9.99. The molecule has 0 aliphatic heterocycles. The fourth-order valence-electron chi connectivity index (χ4n) is 3.64. The number of alkyl carbamates (subject to hydrolysis) is 1. The minimum atomic E-state index is -1.34. The second kappa shape index (κ2) is 9.47. The molecule has 0 bridgehead atoms. The number of esters is 1. The van der Waals surface area contributed by atoms with Gasteiger partial charge in [0.05, 0.1) is 12.5 Å². The van der Waals surface area contributed by atoms with Gasteiger partial charge in [0.25, 0.3) is 0 Å². The number of fused-ring (bicyclic) bond motifs is 3. The molecule has 0 spiro atoms. The molecule has 0 radical (unpaired) electrons. The average molecular weight is 445 g/mol. The Morgan fingerprint density at radius 1 is 1.06 bits per heavy atom. The van der Waals surface area contributed by atoms with E-state index in [4.69, 9.17) is 21.1 Å². The molecule has 0 saturated heterocycles. The SMILES string of the molecule is CC(C)(C)OC(=O)C[C@H](NC(=O)OCC1c2ccccc2-c2ccccc21)C(Cl)N=O. The molecule has 31 heavy (non-hydrogen) atoms. The largest absolute Gasteiger partial charge is 0.460 e. The smallest absolute Gasteiger partial charge is 0.407 e. The third-order valence-electron chi connectivity index (χ3n) is 4.89. The second-order valence-corrected chi connectivity index (χ2v) is 8.79. The lowest BCUT2D eigenvalue weighted by atomic mass is 9.98. The molecule has 8 heteroatoms. The molecule has 0 aromatic heterocycles. The number of amides is 1. The Labute approximate surface area is 186 Å². The molecule has 2 aromatic carbocycles. The first-order chi connectivity index (χ1) is 14.7. The zero-order valence-corrected chi connectivity index (χ0v) is 18.4. The van der Waals surface area contributed by atoms with Crippen molar-refractivity contribution < 1.29 is 19.1 Å². The van der Waals surface area contributed by atoms with Crippen molar-refractivity contribution in [3.8, 4) is 11.1 Å². The molecule has 1 amide bonds. The molecule has 1 aliphatic rings. The van der Waals surface area contributed by atoms with E-state index in [0.29, 0.717) is 0 Å². The number of halogens is 1. The van der Waals surface area contributed by atoms with Crippen molar-refractivity contribution >= 4 is 23.7 Å². The highest BCUT2D eigenvalue weighted by molar-refractivity contribution is 6.21. The molecule has 2 atom stereocenters. The fourth-order valence-corrected chi connectivity index (χ4v) is 3.80. The Bertz CT molecular complexity index is 927. The third kappa shape index (κ3) is 5.61. The van der Waals surface area contributed by atoms with Crippen molar-refractivity contribution in [1.82, 2.24) is 5.32 Å².